The van der Waals surface area contributed by atoms with E-state index in [-0.39, 0.29) is 11.3 Å². The third-order valence-electron chi connectivity index (χ3n) is 2.75. The standard InChI is InChI=1S/C13H19BrN2O2/c1-13(2,5-6-14)9-16-12(17)10-4-7-15-8-11(10)18-3/h4,7-8H,5-6,9H2,1-3H3,(H,16,17). The number of amides is 1. The van der Waals surface area contributed by atoms with Crippen LogP contribution >= 0.6 is 15.9 Å². The van der Waals surface area contributed by atoms with Crippen molar-refractivity contribution in [3.63, 3.8) is 0 Å². The van der Waals surface area contributed by atoms with Crippen LogP contribution in [-0.4, -0.2) is 29.9 Å². The monoisotopic (exact) mass is 314 g/mol. The van der Waals surface area contributed by atoms with Crippen molar-refractivity contribution in [2.45, 2.75) is 20.3 Å². The van der Waals surface area contributed by atoms with Gasteiger partial charge in [-0.15, -0.1) is 0 Å². The molecule has 1 rings (SSSR count). The van der Waals surface area contributed by atoms with Gasteiger partial charge < -0.3 is 10.1 Å². The smallest absolute Gasteiger partial charge is 0.255 e. The first kappa shape index (κ1) is 15.0. The highest BCUT2D eigenvalue weighted by molar-refractivity contribution is 9.09. The second-order valence-corrected chi connectivity index (χ2v) is 5.65. The number of nitrogens with one attached hydrogen (secondary N) is 1. The molecule has 1 heterocycles. The van der Waals surface area contributed by atoms with Crippen molar-refractivity contribution in [3.05, 3.63) is 24.0 Å². The van der Waals surface area contributed by atoms with E-state index in [1.165, 1.54) is 7.11 Å². The van der Waals surface area contributed by atoms with E-state index in [0.29, 0.717) is 17.9 Å². The number of methoxy groups -OCH3 is 1. The van der Waals surface area contributed by atoms with Gasteiger partial charge in [-0.2, -0.15) is 0 Å². The van der Waals surface area contributed by atoms with Gasteiger partial charge in [0.05, 0.1) is 18.9 Å². The molecule has 1 amide bonds. The van der Waals surface area contributed by atoms with Crippen LogP contribution in [-0.2, 0) is 0 Å². The lowest BCUT2D eigenvalue weighted by atomic mass is 9.90. The Hall–Kier alpha value is -1.10. The van der Waals surface area contributed by atoms with Gasteiger partial charge in [0.25, 0.3) is 5.91 Å². The molecule has 0 aliphatic rings. The van der Waals surface area contributed by atoms with Gasteiger partial charge in [0.15, 0.2) is 0 Å². The van der Waals surface area contributed by atoms with E-state index in [0.717, 1.165) is 11.8 Å². The Morgan fingerprint density at radius 1 is 1.56 bits per heavy atom. The van der Waals surface area contributed by atoms with Gasteiger partial charge in [0.2, 0.25) is 0 Å². The minimum Gasteiger partial charge on any atom is -0.494 e. The lowest BCUT2D eigenvalue weighted by Gasteiger charge is -2.24. The van der Waals surface area contributed by atoms with Crippen LogP contribution in [0.15, 0.2) is 18.5 Å². The lowest BCUT2D eigenvalue weighted by Crippen LogP contribution is -2.34. The molecule has 0 unspecified atom stereocenters. The van der Waals surface area contributed by atoms with Crippen molar-refractivity contribution in [1.29, 1.82) is 0 Å². The van der Waals surface area contributed by atoms with Crippen molar-refractivity contribution in [3.8, 4) is 5.75 Å². The molecule has 100 valence electrons. The lowest BCUT2D eigenvalue weighted by molar-refractivity contribution is 0.0932. The molecule has 1 N–H and O–H groups in total. The van der Waals surface area contributed by atoms with E-state index >= 15 is 0 Å². The minimum atomic E-state index is -0.128. The van der Waals surface area contributed by atoms with Crippen molar-refractivity contribution in [2.24, 2.45) is 5.41 Å². The first-order chi connectivity index (χ1) is 8.50. The summed E-state index contributed by atoms with van der Waals surface area (Å²) >= 11 is 3.42. The maximum Gasteiger partial charge on any atom is 0.255 e. The molecule has 0 aliphatic heterocycles. The third kappa shape index (κ3) is 4.29. The molecular weight excluding hydrogens is 296 g/mol. The average Bonchev–Trinajstić information content (AvgIpc) is 2.36. The van der Waals surface area contributed by atoms with E-state index in [2.05, 4.69) is 40.1 Å². The molecule has 1 aromatic rings. The molecule has 0 spiro atoms. The maximum atomic E-state index is 12.0. The fourth-order valence-corrected chi connectivity index (χ4v) is 2.56. The van der Waals surface area contributed by atoms with Crippen LogP contribution in [0.25, 0.3) is 0 Å². The fraction of sp³-hybridized carbons (Fsp3) is 0.538. The highest BCUT2D eigenvalue weighted by Crippen LogP contribution is 2.21. The number of hydrogen-bond acceptors (Lipinski definition) is 3. The Labute approximate surface area is 116 Å². The summed E-state index contributed by atoms with van der Waals surface area (Å²) in [5, 5.41) is 3.86. The van der Waals surface area contributed by atoms with Crippen molar-refractivity contribution in [2.75, 3.05) is 19.0 Å². The number of aromatic nitrogens is 1. The van der Waals surface area contributed by atoms with Crippen LogP contribution < -0.4 is 10.1 Å². The molecule has 0 saturated heterocycles. The maximum absolute atomic E-state index is 12.0. The van der Waals surface area contributed by atoms with Crippen LogP contribution in [0.3, 0.4) is 0 Å². The topological polar surface area (TPSA) is 51.2 Å². The first-order valence-electron chi connectivity index (χ1n) is 5.82. The molecule has 0 aromatic carbocycles. The summed E-state index contributed by atoms with van der Waals surface area (Å²) in [6, 6.07) is 1.66. The highest BCUT2D eigenvalue weighted by atomic mass is 79.9. The summed E-state index contributed by atoms with van der Waals surface area (Å²) in [6.45, 7) is 4.87. The van der Waals surface area contributed by atoms with Crippen molar-refractivity contribution < 1.29 is 9.53 Å². The number of hydrogen-bond donors (Lipinski definition) is 1. The Bertz CT molecular complexity index is 408. The number of ether oxygens (including phenoxy) is 1. The van der Waals surface area contributed by atoms with Gasteiger partial charge in [-0.3, -0.25) is 9.78 Å². The molecule has 0 saturated carbocycles. The van der Waals surface area contributed by atoms with Gasteiger partial charge in [-0.25, -0.2) is 0 Å². The third-order valence-corrected chi connectivity index (χ3v) is 3.14. The van der Waals surface area contributed by atoms with Crippen molar-refractivity contribution >= 4 is 21.8 Å². The van der Waals surface area contributed by atoms with E-state index in [9.17, 15) is 4.79 Å². The van der Waals surface area contributed by atoms with Gasteiger partial charge in [0, 0.05) is 18.1 Å². The van der Waals surface area contributed by atoms with Crippen LogP contribution in [0.1, 0.15) is 30.6 Å². The molecule has 0 aliphatic carbocycles. The number of nitrogens with zero attached hydrogens (tertiary/aromatic N) is 1. The second-order valence-electron chi connectivity index (χ2n) is 4.86. The number of carbonyl (C=O) groups excluding carboxylic acids is 1. The summed E-state index contributed by atoms with van der Waals surface area (Å²) in [5.41, 5.74) is 0.585. The van der Waals surface area contributed by atoms with Gasteiger partial charge in [0.1, 0.15) is 5.75 Å². The summed E-state index contributed by atoms with van der Waals surface area (Å²) < 4.78 is 5.12. The molecule has 0 fully saturated rings. The Morgan fingerprint density at radius 3 is 2.89 bits per heavy atom. The number of carbonyl (C=O) groups is 1. The molecule has 1 aromatic heterocycles. The number of alkyl halides is 1. The molecule has 4 nitrogen and oxygen atoms in total. The number of pyridine rings is 1. The largest absolute Gasteiger partial charge is 0.494 e. The van der Waals surface area contributed by atoms with E-state index < -0.39 is 0 Å². The van der Waals surface area contributed by atoms with Gasteiger partial charge in [-0.05, 0) is 17.9 Å². The zero-order valence-corrected chi connectivity index (χ0v) is 12.6. The highest BCUT2D eigenvalue weighted by Gasteiger charge is 2.19. The summed E-state index contributed by atoms with van der Waals surface area (Å²) in [7, 11) is 1.53. The van der Waals surface area contributed by atoms with E-state index in [1.807, 2.05) is 0 Å². The Morgan fingerprint density at radius 2 is 2.28 bits per heavy atom. The van der Waals surface area contributed by atoms with Crippen LogP contribution in [0.4, 0.5) is 0 Å². The SMILES string of the molecule is COc1cnccc1C(=O)NCC(C)(C)CCBr. The quantitative estimate of drug-likeness (QED) is 0.821. The molecule has 5 heteroatoms. The zero-order chi connectivity index (χ0) is 13.6. The zero-order valence-electron chi connectivity index (χ0n) is 11.0. The number of halogens is 1. The Kier molecular flexibility index (Phi) is 5.59. The molecule has 0 atom stereocenters. The van der Waals surface area contributed by atoms with Gasteiger partial charge >= 0.3 is 0 Å². The van der Waals surface area contributed by atoms with Gasteiger partial charge in [-0.1, -0.05) is 29.8 Å². The molecule has 18 heavy (non-hydrogen) atoms. The van der Waals surface area contributed by atoms with Crippen molar-refractivity contribution in [1.82, 2.24) is 10.3 Å². The Balaban J connectivity index is 2.66. The molecule has 0 bridgehead atoms. The predicted molar refractivity (Wildman–Crippen MR) is 75.3 cm³/mol. The second kappa shape index (κ2) is 6.73. The van der Waals surface area contributed by atoms with E-state index in [1.54, 1.807) is 18.5 Å². The fourth-order valence-electron chi connectivity index (χ4n) is 1.49. The average molecular weight is 315 g/mol. The number of rotatable bonds is 6. The molecule has 0 radical (unpaired) electrons. The van der Waals surface area contributed by atoms with E-state index in [4.69, 9.17) is 4.74 Å². The summed E-state index contributed by atoms with van der Waals surface area (Å²) in [5.74, 6) is 0.366. The summed E-state index contributed by atoms with van der Waals surface area (Å²) in [6.07, 6.45) is 4.13. The first-order valence-corrected chi connectivity index (χ1v) is 6.94. The normalized spacial score (nSPS) is 11.1. The van der Waals surface area contributed by atoms with Crippen LogP contribution in [0.5, 0.6) is 5.75 Å². The van der Waals surface area contributed by atoms with Crippen LogP contribution in [0.2, 0.25) is 0 Å². The molecular formula is C13H19BrN2O2. The summed E-state index contributed by atoms with van der Waals surface area (Å²) in [4.78, 5) is 16.0. The predicted octanol–water partition coefficient (Wildman–Crippen LogP) is 2.63. The minimum absolute atomic E-state index is 0.0689. The van der Waals surface area contributed by atoms with Crippen LogP contribution in [0, 0.1) is 5.41 Å².